The molecule has 0 saturated heterocycles. The van der Waals surface area contributed by atoms with Crippen molar-refractivity contribution in [1.82, 2.24) is 19.6 Å². The van der Waals surface area contributed by atoms with Crippen LogP contribution < -0.4 is 0 Å². The van der Waals surface area contributed by atoms with Crippen LogP contribution in [-0.4, -0.2) is 61.9 Å². The Kier molecular flexibility index (Phi) is 8.77. The largest absolute Gasteiger partial charge is 0.307 e. The molecule has 6 nitrogen and oxygen atoms in total. The highest BCUT2D eigenvalue weighted by Crippen LogP contribution is 2.37. The average molecular weight is 605 g/mol. The summed E-state index contributed by atoms with van der Waals surface area (Å²) in [5, 5.41) is 5.66. The molecule has 1 atom stereocenters. The number of aromatic nitrogens is 2. The summed E-state index contributed by atoms with van der Waals surface area (Å²) in [6, 6.07) is 31.7. The van der Waals surface area contributed by atoms with Crippen molar-refractivity contribution in [3.05, 3.63) is 113 Å². The lowest BCUT2D eigenvalue weighted by Gasteiger charge is -2.30. The molecule has 2 aromatic heterocycles. The second-order valence-corrected chi connectivity index (χ2v) is 14.0. The van der Waals surface area contributed by atoms with E-state index < -0.39 is 9.84 Å². The molecule has 212 valence electrons. The first-order chi connectivity index (χ1) is 19.6. The average Bonchev–Trinajstić information content (AvgIpc) is 3.59. The highest BCUT2D eigenvalue weighted by Gasteiger charge is 2.22. The zero-order valence-corrected chi connectivity index (χ0v) is 25.9. The van der Waals surface area contributed by atoms with Gasteiger partial charge in [0.25, 0.3) is 0 Å². The van der Waals surface area contributed by atoms with Gasteiger partial charge in [-0.3, -0.25) is 4.90 Å². The lowest BCUT2D eigenvalue weighted by atomic mass is 10.1. The van der Waals surface area contributed by atoms with Crippen LogP contribution in [0.25, 0.3) is 26.7 Å². The van der Waals surface area contributed by atoms with E-state index in [9.17, 15) is 8.42 Å². The summed E-state index contributed by atoms with van der Waals surface area (Å²) in [6.07, 6.45) is 1.23. The minimum Gasteiger partial charge on any atom is -0.307 e. The number of halogens is 1. The van der Waals surface area contributed by atoms with E-state index in [1.807, 2.05) is 47.1 Å². The maximum atomic E-state index is 12.1. The summed E-state index contributed by atoms with van der Waals surface area (Å²) in [5.41, 5.74) is 4.79. The van der Waals surface area contributed by atoms with Crippen LogP contribution in [0.2, 0.25) is 5.02 Å². The zero-order valence-electron chi connectivity index (χ0n) is 23.5. The molecule has 0 aliphatic rings. The molecule has 5 rings (SSSR count). The molecule has 1 unspecified atom stereocenters. The molecule has 2 heterocycles. The van der Waals surface area contributed by atoms with Crippen LogP contribution in [0.15, 0.2) is 102 Å². The van der Waals surface area contributed by atoms with E-state index >= 15 is 0 Å². The van der Waals surface area contributed by atoms with Crippen LogP contribution in [0.3, 0.4) is 0 Å². The van der Waals surface area contributed by atoms with E-state index in [4.69, 9.17) is 16.7 Å². The summed E-state index contributed by atoms with van der Waals surface area (Å²) >= 11 is 8.25. The van der Waals surface area contributed by atoms with Crippen molar-refractivity contribution in [3.8, 4) is 26.7 Å². The van der Waals surface area contributed by atoms with Crippen LogP contribution in [0.1, 0.15) is 17.3 Å². The summed E-state index contributed by atoms with van der Waals surface area (Å²) in [4.78, 5) is 6.83. The Morgan fingerprint density at radius 2 is 1.59 bits per heavy atom. The lowest BCUT2D eigenvalue weighted by molar-refractivity contribution is 0.188. The minimum atomic E-state index is -3.30. The van der Waals surface area contributed by atoms with Crippen LogP contribution in [-0.2, 0) is 16.4 Å². The van der Waals surface area contributed by atoms with Gasteiger partial charge in [0.2, 0.25) is 0 Å². The summed E-state index contributed by atoms with van der Waals surface area (Å²) in [5.74, 6) is 0. The van der Waals surface area contributed by atoms with Crippen molar-refractivity contribution in [2.45, 2.75) is 17.5 Å². The Labute approximate surface area is 251 Å². The quantitative estimate of drug-likeness (QED) is 0.171. The van der Waals surface area contributed by atoms with E-state index in [0.717, 1.165) is 38.9 Å². The molecule has 5 aromatic rings. The molecule has 0 saturated carbocycles. The van der Waals surface area contributed by atoms with E-state index in [1.54, 1.807) is 29.5 Å². The predicted octanol–water partition coefficient (Wildman–Crippen LogP) is 7.06. The number of sulfone groups is 1. The Bertz CT molecular complexity index is 1750. The SMILES string of the molecule is CN(C)CC(c1ccccc1)N(C)Cc1cc(-c2ccc(-c3cccc(S(C)(=O)=O)c3)s2)n(-c2ccccc2Cl)n1. The van der Waals surface area contributed by atoms with Crippen LogP contribution in [0.5, 0.6) is 0 Å². The first-order valence-electron chi connectivity index (χ1n) is 13.2. The number of rotatable bonds is 10. The summed E-state index contributed by atoms with van der Waals surface area (Å²) in [6.45, 7) is 1.52. The van der Waals surface area contributed by atoms with Crippen molar-refractivity contribution in [2.24, 2.45) is 0 Å². The molecule has 9 heteroatoms. The van der Waals surface area contributed by atoms with E-state index in [2.05, 4.69) is 67.3 Å². The summed E-state index contributed by atoms with van der Waals surface area (Å²) < 4.78 is 26.2. The molecule has 0 spiro atoms. The van der Waals surface area contributed by atoms with Gasteiger partial charge in [-0.2, -0.15) is 5.10 Å². The van der Waals surface area contributed by atoms with Crippen molar-refractivity contribution < 1.29 is 8.42 Å². The normalized spacial score (nSPS) is 12.8. The predicted molar refractivity (Wildman–Crippen MR) is 170 cm³/mol. The number of thiophene rings is 1. The molecule has 0 amide bonds. The molecule has 0 N–H and O–H groups in total. The lowest BCUT2D eigenvalue weighted by Crippen LogP contribution is -2.32. The number of benzene rings is 3. The molecule has 0 aliphatic heterocycles. The van der Waals surface area contributed by atoms with Crippen molar-refractivity contribution in [3.63, 3.8) is 0 Å². The van der Waals surface area contributed by atoms with Gasteiger partial charge in [-0.05, 0) is 74.7 Å². The van der Waals surface area contributed by atoms with Crippen LogP contribution in [0, 0.1) is 0 Å². The fourth-order valence-corrected chi connectivity index (χ4v) is 6.77. The highest BCUT2D eigenvalue weighted by atomic mass is 35.5. The Balaban J connectivity index is 1.53. The number of likely N-dealkylation sites (N-methyl/N-ethyl adjacent to an activating group) is 2. The third-order valence-electron chi connectivity index (χ3n) is 6.91. The Morgan fingerprint density at radius 1 is 0.878 bits per heavy atom. The van der Waals surface area contributed by atoms with E-state index in [-0.39, 0.29) is 6.04 Å². The fraction of sp³-hybridized carbons (Fsp3) is 0.219. The molecule has 0 bridgehead atoms. The van der Waals surface area contributed by atoms with E-state index in [0.29, 0.717) is 16.5 Å². The maximum Gasteiger partial charge on any atom is 0.175 e. The second-order valence-electron chi connectivity index (χ2n) is 10.5. The topological polar surface area (TPSA) is 58.4 Å². The van der Waals surface area contributed by atoms with Gasteiger partial charge in [0, 0.05) is 30.3 Å². The zero-order chi connectivity index (χ0) is 29.1. The third-order valence-corrected chi connectivity index (χ3v) is 9.50. The van der Waals surface area contributed by atoms with Crippen molar-refractivity contribution in [1.29, 1.82) is 0 Å². The van der Waals surface area contributed by atoms with Crippen LogP contribution in [0.4, 0.5) is 0 Å². The number of nitrogens with zero attached hydrogens (tertiary/aromatic N) is 4. The molecule has 0 fully saturated rings. The van der Waals surface area contributed by atoms with Gasteiger partial charge in [0.05, 0.1) is 31.9 Å². The number of para-hydroxylation sites is 1. The van der Waals surface area contributed by atoms with Gasteiger partial charge in [-0.25, -0.2) is 13.1 Å². The van der Waals surface area contributed by atoms with Gasteiger partial charge < -0.3 is 4.90 Å². The van der Waals surface area contributed by atoms with Crippen LogP contribution >= 0.6 is 22.9 Å². The number of hydrogen-bond donors (Lipinski definition) is 0. The Morgan fingerprint density at radius 3 is 2.29 bits per heavy atom. The first kappa shape index (κ1) is 29.2. The van der Waals surface area contributed by atoms with Gasteiger partial charge in [0.15, 0.2) is 9.84 Å². The molecular formula is C32H33ClN4O2S2. The fourth-order valence-electron chi connectivity index (χ4n) is 4.89. The standard InChI is InChI=1S/C32H33ClN4O2S2/c1-35(2)22-30(23-11-6-5-7-12-23)36(3)21-25-20-29(37(34-25)28-16-9-8-15-27(28)33)32-18-17-31(40-32)24-13-10-14-26(19-24)41(4,38)39/h5-20,30H,21-22H2,1-4H3. The van der Waals surface area contributed by atoms with Gasteiger partial charge in [-0.1, -0.05) is 66.2 Å². The molecule has 0 radical (unpaired) electrons. The molecule has 41 heavy (non-hydrogen) atoms. The van der Waals surface area contributed by atoms with Crippen molar-refractivity contribution in [2.75, 3.05) is 33.9 Å². The molecular weight excluding hydrogens is 572 g/mol. The Hall–Kier alpha value is -3.27. The van der Waals surface area contributed by atoms with Crippen molar-refractivity contribution >= 4 is 32.8 Å². The molecule has 0 aliphatic carbocycles. The smallest absolute Gasteiger partial charge is 0.175 e. The monoisotopic (exact) mass is 604 g/mol. The maximum absolute atomic E-state index is 12.1. The highest BCUT2D eigenvalue weighted by molar-refractivity contribution is 7.90. The minimum absolute atomic E-state index is 0.190. The first-order valence-corrected chi connectivity index (χ1v) is 16.3. The van der Waals surface area contributed by atoms with Gasteiger partial charge >= 0.3 is 0 Å². The summed E-state index contributed by atoms with van der Waals surface area (Å²) in [7, 11) is 3.01. The third kappa shape index (κ3) is 6.80. The second kappa shape index (κ2) is 12.3. The van der Waals surface area contributed by atoms with Gasteiger partial charge in [0.1, 0.15) is 0 Å². The van der Waals surface area contributed by atoms with E-state index in [1.165, 1.54) is 11.8 Å². The molecule has 3 aromatic carbocycles. The number of hydrogen-bond acceptors (Lipinski definition) is 6. The van der Waals surface area contributed by atoms with Gasteiger partial charge in [-0.15, -0.1) is 11.3 Å².